The smallest absolute Gasteiger partial charge is 0.313 e. The van der Waals surface area contributed by atoms with Crippen molar-refractivity contribution >= 4 is 23.2 Å². The van der Waals surface area contributed by atoms with Gasteiger partial charge in [0.15, 0.2) is 0 Å². The monoisotopic (exact) mass is 310 g/mol. The van der Waals surface area contributed by atoms with Crippen molar-refractivity contribution in [3.63, 3.8) is 0 Å². The molecule has 0 aliphatic rings. The summed E-state index contributed by atoms with van der Waals surface area (Å²) in [5.74, 6) is -1.56. The molecule has 1 aromatic carbocycles. The molecular formula is C13H18N4O5. The SMILES string of the molecule is COc1cc([N+](=O)[O-])ccc1NC(=O)C(=O)NCCN(C)C. The van der Waals surface area contributed by atoms with E-state index < -0.39 is 16.7 Å². The summed E-state index contributed by atoms with van der Waals surface area (Å²) in [5, 5.41) is 15.5. The van der Waals surface area contributed by atoms with Crippen molar-refractivity contribution in [2.75, 3.05) is 39.6 Å². The van der Waals surface area contributed by atoms with Gasteiger partial charge in [0.1, 0.15) is 5.75 Å². The predicted octanol–water partition coefficient (Wildman–Crippen LogP) is 0.220. The molecule has 22 heavy (non-hydrogen) atoms. The number of nitro groups is 1. The van der Waals surface area contributed by atoms with Crippen LogP contribution in [0, 0.1) is 10.1 Å². The number of non-ortho nitro benzene ring substituents is 1. The summed E-state index contributed by atoms with van der Waals surface area (Å²) in [5.41, 5.74) is 0.00569. The maximum atomic E-state index is 11.7. The first-order valence-electron chi connectivity index (χ1n) is 6.41. The van der Waals surface area contributed by atoms with E-state index in [9.17, 15) is 19.7 Å². The number of ether oxygens (including phenoxy) is 1. The molecule has 2 N–H and O–H groups in total. The summed E-state index contributed by atoms with van der Waals surface area (Å²) in [7, 11) is 4.99. The van der Waals surface area contributed by atoms with Crippen molar-refractivity contribution in [3.8, 4) is 5.75 Å². The molecule has 0 saturated carbocycles. The van der Waals surface area contributed by atoms with Gasteiger partial charge in [0.05, 0.1) is 23.8 Å². The standard InChI is InChI=1S/C13H18N4O5/c1-16(2)7-6-14-12(18)13(19)15-10-5-4-9(17(20)21)8-11(10)22-3/h4-5,8H,6-7H2,1-3H3,(H,14,18)(H,15,19). The van der Waals surface area contributed by atoms with Crippen molar-refractivity contribution in [1.29, 1.82) is 0 Å². The summed E-state index contributed by atoms with van der Waals surface area (Å²) in [6.45, 7) is 0.927. The molecule has 0 bridgehead atoms. The second kappa shape index (κ2) is 7.93. The van der Waals surface area contributed by atoms with Gasteiger partial charge >= 0.3 is 11.8 Å². The third-order valence-corrected chi connectivity index (χ3v) is 2.69. The number of nitrogens with zero attached hydrogens (tertiary/aromatic N) is 2. The van der Waals surface area contributed by atoms with Crippen LogP contribution in [0.15, 0.2) is 18.2 Å². The topological polar surface area (TPSA) is 114 Å². The molecule has 0 aliphatic carbocycles. The van der Waals surface area contributed by atoms with E-state index in [0.717, 1.165) is 0 Å². The van der Waals surface area contributed by atoms with Gasteiger partial charge in [-0.1, -0.05) is 0 Å². The molecule has 0 radical (unpaired) electrons. The fourth-order valence-electron chi connectivity index (χ4n) is 1.55. The molecule has 0 spiro atoms. The number of carbonyl (C=O) groups is 2. The van der Waals surface area contributed by atoms with Crippen molar-refractivity contribution in [3.05, 3.63) is 28.3 Å². The maximum absolute atomic E-state index is 11.7. The number of hydrogen-bond donors (Lipinski definition) is 2. The van der Waals surface area contributed by atoms with Gasteiger partial charge < -0.3 is 20.3 Å². The van der Waals surface area contributed by atoms with E-state index in [1.807, 2.05) is 19.0 Å². The Balaban J connectivity index is 2.71. The normalized spacial score (nSPS) is 10.2. The lowest BCUT2D eigenvalue weighted by Crippen LogP contribution is -2.38. The predicted molar refractivity (Wildman–Crippen MR) is 79.8 cm³/mol. The molecule has 1 rings (SSSR count). The molecule has 1 aromatic rings. The molecule has 0 aromatic heterocycles. The highest BCUT2D eigenvalue weighted by Gasteiger charge is 2.17. The lowest BCUT2D eigenvalue weighted by Gasteiger charge is -2.11. The number of benzene rings is 1. The average molecular weight is 310 g/mol. The van der Waals surface area contributed by atoms with Crippen LogP contribution < -0.4 is 15.4 Å². The van der Waals surface area contributed by atoms with Crippen LogP contribution in [0.3, 0.4) is 0 Å². The number of anilines is 1. The van der Waals surface area contributed by atoms with Crippen LogP contribution in [-0.2, 0) is 9.59 Å². The minimum absolute atomic E-state index is 0.101. The molecule has 120 valence electrons. The fourth-order valence-corrected chi connectivity index (χ4v) is 1.55. The Labute approximate surface area is 127 Å². The zero-order valence-electron chi connectivity index (χ0n) is 12.6. The van der Waals surface area contributed by atoms with Gasteiger partial charge in [-0.25, -0.2) is 0 Å². The van der Waals surface area contributed by atoms with Crippen LogP contribution in [0.1, 0.15) is 0 Å². The quantitative estimate of drug-likeness (QED) is 0.441. The highest BCUT2D eigenvalue weighted by atomic mass is 16.6. The van der Waals surface area contributed by atoms with Crippen molar-refractivity contribution in [2.24, 2.45) is 0 Å². The highest BCUT2D eigenvalue weighted by molar-refractivity contribution is 6.39. The second-order valence-electron chi connectivity index (χ2n) is 4.65. The average Bonchev–Trinajstić information content (AvgIpc) is 2.46. The molecule has 0 saturated heterocycles. The number of hydrogen-bond acceptors (Lipinski definition) is 6. The lowest BCUT2D eigenvalue weighted by molar-refractivity contribution is -0.384. The van der Waals surface area contributed by atoms with Crippen LogP contribution in [0.4, 0.5) is 11.4 Å². The molecule has 0 unspecified atom stereocenters. The zero-order chi connectivity index (χ0) is 16.7. The minimum Gasteiger partial charge on any atom is -0.494 e. The van der Waals surface area contributed by atoms with Crippen molar-refractivity contribution in [1.82, 2.24) is 10.2 Å². The largest absolute Gasteiger partial charge is 0.494 e. The number of likely N-dealkylation sites (N-methyl/N-ethyl adjacent to an activating group) is 1. The molecule has 0 fully saturated rings. The maximum Gasteiger partial charge on any atom is 0.313 e. The summed E-state index contributed by atoms with van der Waals surface area (Å²) in [6.07, 6.45) is 0. The van der Waals surface area contributed by atoms with Crippen LogP contribution in [-0.4, -0.2) is 55.9 Å². The summed E-state index contributed by atoms with van der Waals surface area (Å²) in [4.78, 5) is 35.3. The van der Waals surface area contributed by atoms with Crippen molar-refractivity contribution in [2.45, 2.75) is 0 Å². The van der Waals surface area contributed by atoms with Gasteiger partial charge in [-0.3, -0.25) is 19.7 Å². The Kier molecular flexibility index (Phi) is 6.26. The van der Waals surface area contributed by atoms with Gasteiger partial charge in [0.25, 0.3) is 5.69 Å². The molecule has 0 heterocycles. The highest BCUT2D eigenvalue weighted by Crippen LogP contribution is 2.28. The first-order chi connectivity index (χ1) is 10.3. The van der Waals surface area contributed by atoms with Gasteiger partial charge in [-0.15, -0.1) is 0 Å². The lowest BCUT2D eigenvalue weighted by atomic mass is 10.2. The third-order valence-electron chi connectivity index (χ3n) is 2.69. The third kappa shape index (κ3) is 5.02. The molecule has 9 heteroatoms. The van der Waals surface area contributed by atoms with E-state index in [0.29, 0.717) is 13.1 Å². The number of amides is 2. The van der Waals surface area contributed by atoms with E-state index in [-0.39, 0.29) is 17.1 Å². The summed E-state index contributed by atoms with van der Waals surface area (Å²) >= 11 is 0. The van der Waals surface area contributed by atoms with E-state index in [2.05, 4.69) is 10.6 Å². The van der Waals surface area contributed by atoms with Crippen LogP contribution in [0.2, 0.25) is 0 Å². The Morgan fingerprint density at radius 1 is 1.32 bits per heavy atom. The Morgan fingerprint density at radius 2 is 2.00 bits per heavy atom. The molecule has 0 atom stereocenters. The van der Waals surface area contributed by atoms with Gasteiger partial charge in [-0.05, 0) is 20.2 Å². The first kappa shape index (κ1) is 17.4. The molecular weight excluding hydrogens is 292 g/mol. The Morgan fingerprint density at radius 3 is 2.55 bits per heavy atom. The first-order valence-corrected chi connectivity index (χ1v) is 6.41. The molecule has 9 nitrogen and oxygen atoms in total. The number of nitro benzene ring substituents is 1. The van der Waals surface area contributed by atoms with Crippen LogP contribution >= 0.6 is 0 Å². The Hall–Kier alpha value is -2.68. The fraction of sp³-hybridized carbons (Fsp3) is 0.385. The molecule has 2 amide bonds. The van der Waals surface area contributed by atoms with E-state index in [1.54, 1.807) is 0 Å². The summed E-state index contributed by atoms with van der Waals surface area (Å²) in [6, 6.07) is 3.68. The number of methoxy groups -OCH3 is 1. The van der Waals surface area contributed by atoms with E-state index >= 15 is 0 Å². The van der Waals surface area contributed by atoms with Gasteiger partial charge in [0.2, 0.25) is 0 Å². The molecule has 0 aliphatic heterocycles. The number of carbonyl (C=O) groups excluding carboxylic acids is 2. The van der Waals surface area contributed by atoms with Crippen molar-refractivity contribution < 1.29 is 19.2 Å². The van der Waals surface area contributed by atoms with E-state index in [4.69, 9.17) is 4.74 Å². The van der Waals surface area contributed by atoms with E-state index in [1.165, 1.54) is 25.3 Å². The van der Waals surface area contributed by atoms with Gasteiger partial charge in [0, 0.05) is 19.2 Å². The van der Waals surface area contributed by atoms with Gasteiger partial charge in [-0.2, -0.15) is 0 Å². The zero-order valence-corrected chi connectivity index (χ0v) is 12.6. The van der Waals surface area contributed by atoms with Crippen LogP contribution in [0.25, 0.3) is 0 Å². The number of nitrogens with one attached hydrogen (secondary N) is 2. The second-order valence-corrected chi connectivity index (χ2v) is 4.65. The van der Waals surface area contributed by atoms with Crippen LogP contribution in [0.5, 0.6) is 5.75 Å². The Bertz CT molecular complexity index is 574. The number of rotatable bonds is 6. The summed E-state index contributed by atoms with van der Waals surface area (Å²) < 4.78 is 4.97. The minimum atomic E-state index is -0.870.